The van der Waals surface area contributed by atoms with Crippen LogP contribution in [0.25, 0.3) is 0 Å². The van der Waals surface area contributed by atoms with E-state index in [2.05, 4.69) is 26.2 Å². The molecule has 1 aromatic rings. The maximum Gasteiger partial charge on any atom is 0.140 e. The first-order valence-electron chi connectivity index (χ1n) is 5.27. The Morgan fingerprint density at radius 2 is 2.12 bits per heavy atom. The quantitative estimate of drug-likeness (QED) is 0.875. The van der Waals surface area contributed by atoms with Crippen LogP contribution < -0.4 is 5.32 Å². The second-order valence-electron chi connectivity index (χ2n) is 3.75. The summed E-state index contributed by atoms with van der Waals surface area (Å²) in [5.41, 5.74) is -0.316. The smallest absolute Gasteiger partial charge is 0.140 e. The van der Waals surface area contributed by atoms with Gasteiger partial charge in [-0.15, -0.1) is 0 Å². The molecule has 2 N–H and O–H groups in total. The van der Waals surface area contributed by atoms with Crippen molar-refractivity contribution >= 4 is 33.3 Å². The maximum absolute atomic E-state index is 9.45. The summed E-state index contributed by atoms with van der Waals surface area (Å²) >= 11 is 9.22. The van der Waals surface area contributed by atoms with Crippen molar-refractivity contribution in [1.82, 2.24) is 4.98 Å². The lowest BCUT2D eigenvalue weighted by Crippen LogP contribution is -2.41. The van der Waals surface area contributed by atoms with Gasteiger partial charge in [0.15, 0.2) is 0 Å². The largest absolute Gasteiger partial charge is 0.394 e. The van der Waals surface area contributed by atoms with Crippen molar-refractivity contribution in [3.05, 3.63) is 21.8 Å². The fourth-order valence-corrected chi connectivity index (χ4v) is 2.19. The molecular weight excluding hydrogens is 291 g/mol. The zero-order valence-corrected chi connectivity index (χ0v) is 11.8. The Labute approximate surface area is 109 Å². The first-order chi connectivity index (χ1) is 7.56. The molecule has 0 aromatic carbocycles. The Balaban J connectivity index is 2.93. The highest BCUT2D eigenvalue weighted by Crippen LogP contribution is 2.28. The third-order valence-corrected chi connectivity index (χ3v) is 3.66. The van der Waals surface area contributed by atoms with Gasteiger partial charge in [-0.3, -0.25) is 0 Å². The summed E-state index contributed by atoms with van der Waals surface area (Å²) in [7, 11) is 0. The predicted octanol–water partition coefficient (Wildman–Crippen LogP) is 3.46. The number of pyridine rings is 1. The lowest BCUT2D eigenvalue weighted by molar-refractivity contribution is 0.202. The second kappa shape index (κ2) is 5.84. The molecular formula is C11H16BrClN2O. The van der Waals surface area contributed by atoms with Gasteiger partial charge in [-0.2, -0.15) is 0 Å². The van der Waals surface area contributed by atoms with Gasteiger partial charge in [0, 0.05) is 6.20 Å². The van der Waals surface area contributed by atoms with Crippen LogP contribution >= 0.6 is 27.5 Å². The number of nitrogens with one attached hydrogen (secondary N) is 1. The van der Waals surface area contributed by atoms with Crippen LogP contribution in [0.4, 0.5) is 5.82 Å². The number of rotatable bonds is 5. The number of hydrogen-bond donors (Lipinski definition) is 2. The van der Waals surface area contributed by atoms with Crippen molar-refractivity contribution in [2.24, 2.45) is 0 Å². The number of nitrogens with zero attached hydrogens (tertiary/aromatic N) is 1. The molecule has 0 saturated heterocycles. The molecule has 0 spiro atoms. The molecule has 0 atom stereocenters. The zero-order chi connectivity index (χ0) is 12.2. The first-order valence-corrected chi connectivity index (χ1v) is 6.44. The first kappa shape index (κ1) is 13.7. The van der Waals surface area contributed by atoms with Gasteiger partial charge >= 0.3 is 0 Å². The van der Waals surface area contributed by atoms with E-state index in [1.165, 1.54) is 0 Å². The van der Waals surface area contributed by atoms with Gasteiger partial charge in [0.05, 0.1) is 21.6 Å². The van der Waals surface area contributed by atoms with Crippen LogP contribution in [0.15, 0.2) is 16.7 Å². The summed E-state index contributed by atoms with van der Waals surface area (Å²) in [6.07, 6.45) is 3.25. The van der Waals surface area contributed by atoms with Gasteiger partial charge in [-0.05, 0) is 34.8 Å². The van der Waals surface area contributed by atoms with E-state index in [1.54, 1.807) is 12.3 Å². The molecule has 0 aliphatic heterocycles. The number of anilines is 1. The molecule has 0 fully saturated rings. The van der Waals surface area contributed by atoms with Gasteiger partial charge in [0.25, 0.3) is 0 Å². The fourth-order valence-electron chi connectivity index (χ4n) is 1.45. The highest BCUT2D eigenvalue weighted by atomic mass is 79.9. The highest BCUT2D eigenvalue weighted by molar-refractivity contribution is 9.10. The molecule has 0 bridgehead atoms. The lowest BCUT2D eigenvalue weighted by Gasteiger charge is -2.31. The summed E-state index contributed by atoms with van der Waals surface area (Å²) in [5, 5.41) is 13.3. The maximum atomic E-state index is 9.45. The molecule has 1 aromatic heterocycles. The van der Waals surface area contributed by atoms with Crippen molar-refractivity contribution in [1.29, 1.82) is 0 Å². The van der Waals surface area contributed by atoms with E-state index in [1.807, 2.05) is 13.8 Å². The van der Waals surface area contributed by atoms with Crippen LogP contribution in [0.3, 0.4) is 0 Å². The van der Waals surface area contributed by atoms with Crippen molar-refractivity contribution in [2.45, 2.75) is 32.2 Å². The van der Waals surface area contributed by atoms with E-state index in [0.29, 0.717) is 10.8 Å². The molecule has 90 valence electrons. The Bertz CT molecular complexity index is 348. The van der Waals surface area contributed by atoms with E-state index in [9.17, 15) is 5.11 Å². The molecule has 0 amide bonds. The van der Waals surface area contributed by atoms with Crippen LogP contribution in [-0.2, 0) is 0 Å². The minimum Gasteiger partial charge on any atom is -0.394 e. The molecule has 5 heteroatoms. The van der Waals surface area contributed by atoms with Crippen molar-refractivity contribution in [3.8, 4) is 0 Å². The second-order valence-corrected chi connectivity index (χ2v) is 5.05. The summed E-state index contributed by atoms with van der Waals surface area (Å²) in [4.78, 5) is 4.21. The van der Waals surface area contributed by atoms with E-state index >= 15 is 0 Å². The van der Waals surface area contributed by atoms with Crippen molar-refractivity contribution in [2.75, 3.05) is 11.9 Å². The third kappa shape index (κ3) is 3.09. The summed E-state index contributed by atoms with van der Waals surface area (Å²) in [6.45, 7) is 4.16. The molecule has 0 aliphatic carbocycles. The Kier molecular flexibility index (Phi) is 5.02. The number of aliphatic hydroxyl groups is 1. The molecule has 1 heterocycles. The van der Waals surface area contributed by atoms with Gasteiger partial charge in [0.2, 0.25) is 0 Å². The predicted molar refractivity (Wildman–Crippen MR) is 71.0 cm³/mol. The van der Waals surface area contributed by atoms with Gasteiger partial charge in [0.1, 0.15) is 5.82 Å². The van der Waals surface area contributed by atoms with Crippen LogP contribution in [0.5, 0.6) is 0 Å². The molecule has 3 nitrogen and oxygen atoms in total. The minimum atomic E-state index is -0.316. The van der Waals surface area contributed by atoms with E-state index < -0.39 is 0 Å². The molecule has 16 heavy (non-hydrogen) atoms. The third-order valence-electron chi connectivity index (χ3n) is 2.85. The van der Waals surface area contributed by atoms with Gasteiger partial charge in [-0.25, -0.2) is 4.98 Å². The molecule has 0 aliphatic rings. The zero-order valence-electron chi connectivity index (χ0n) is 9.43. The van der Waals surface area contributed by atoms with Crippen LogP contribution in [0, 0.1) is 0 Å². The topological polar surface area (TPSA) is 45.1 Å². The Morgan fingerprint density at radius 1 is 1.50 bits per heavy atom. The van der Waals surface area contributed by atoms with E-state index in [4.69, 9.17) is 11.6 Å². The molecule has 1 rings (SSSR count). The normalized spacial score (nSPS) is 11.6. The number of hydrogen-bond acceptors (Lipinski definition) is 3. The van der Waals surface area contributed by atoms with Crippen molar-refractivity contribution < 1.29 is 5.11 Å². The Morgan fingerprint density at radius 3 is 2.56 bits per heavy atom. The number of halogens is 2. The lowest BCUT2D eigenvalue weighted by atomic mass is 9.94. The molecule has 0 saturated carbocycles. The fraction of sp³-hybridized carbons (Fsp3) is 0.545. The average molecular weight is 308 g/mol. The summed E-state index contributed by atoms with van der Waals surface area (Å²) in [5.74, 6) is 0.710. The Hall–Kier alpha value is -0.320. The van der Waals surface area contributed by atoms with Crippen LogP contribution in [0.2, 0.25) is 5.02 Å². The van der Waals surface area contributed by atoms with E-state index in [-0.39, 0.29) is 12.1 Å². The average Bonchev–Trinajstić information content (AvgIpc) is 2.29. The summed E-state index contributed by atoms with van der Waals surface area (Å²) < 4.78 is 0.805. The van der Waals surface area contributed by atoms with E-state index in [0.717, 1.165) is 17.3 Å². The minimum absolute atomic E-state index is 0.0801. The van der Waals surface area contributed by atoms with Gasteiger partial charge in [-0.1, -0.05) is 25.4 Å². The molecule has 0 radical (unpaired) electrons. The SMILES string of the molecule is CCC(CC)(CO)Nc1ncc(Cl)cc1Br. The molecule has 0 unspecified atom stereocenters. The monoisotopic (exact) mass is 306 g/mol. The summed E-state index contributed by atoms with van der Waals surface area (Å²) in [6, 6.07) is 1.78. The highest BCUT2D eigenvalue weighted by Gasteiger charge is 2.25. The van der Waals surface area contributed by atoms with Crippen molar-refractivity contribution in [3.63, 3.8) is 0 Å². The standard InChI is InChI=1S/C11H16BrClN2O/c1-3-11(4-2,7-16)15-10-9(12)5-8(13)6-14-10/h5-6,16H,3-4,7H2,1-2H3,(H,14,15). The van der Waals surface area contributed by atoms with Crippen LogP contribution in [-0.4, -0.2) is 22.2 Å². The number of aliphatic hydroxyl groups excluding tert-OH is 1. The number of aromatic nitrogens is 1. The van der Waals surface area contributed by atoms with Gasteiger partial charge < -0.3 is 10.4 Å². The van der Waals surface area contributed by atoms with Crippen LogP contribution in [0.1, 0.15) is 26.7 Å².